The summed E-state index contributed by atoms with van der Waals surface area (Å²) in [6, 6.07) is 1.63. The van der Waals surface area contributed by atoms with Gasteiger partial charge in [0, 0.05) is 23.3 Å². The average molecular weight is 416 g/mol. The normalized spacial score (nSPS) is 11.6. The van der Waals surface area contributed by atoms with E-state index in [9.17, 15) is 14.4 Å². The first-order valence-electron chi connectivity index (χ1n) is 9.54. The SMILES string of the molecule is Cc1csc(CNC(=O)c2cc(C(C)C)nc3c2c(=O)[nH]c(=O)n3CC(C)C)n1. The first-order chi connectivity index (χ1) is 13.7. The maximum Gasteiger partial charge on any atom is 0.330 e. The second-order valence-electron chi connectivity index (χ2n) is 7.78. The van der Waals surface area contributed by atoms with Gasteiger partial charge in [-0.3, -0.25) is 19.1 Å². The molecule has 29 heavy (non-hydrogen) atoms. The molecule has 0 saturated carbocycles. The molecule has 0 aliphatic rings. The van der Waals surface area contributed by atoms with Crippen molar-refractivity contribution in [2.24, 2.45) is 5.92 Å². The van der Waals surface area contributed by atoms with Gasteiger partial charge in [0.1, 0.15) is 5.01 Å². The maximum atomic E-state index is 13.0. The Balaban J connectivity index is 2.15. The van der Waals surface area contributed by atoms with Gasteiger partial charge in [-0.25, -0.2) is 14.8 Å². The number of nitrogens with one attached hydrogen (secondary N) is 2. The Labute approximate surface area is 172 Å². The zero-order valence-electron chi connectivity index (χ0n) is 17.2. The minimum atomic E-state index is -0.608. The fourth-order valence-electron chi connectivity index (χ4n) is 3.04. The van der Waals surface area contributed by atoms with Gasteiger partial charge < -0.3 is 5.32 Å². The van der Waals surface area contributed by atoms with Crippen LogP contribution in [-0.2, 0) is 13.1 Å². The van der Waals surface area contributed by atoms with E-state index < -0.39 is 17.2 Å². The average Bonchev–Trinajstić information content (AvgIpc) is 3.07. The van der Waals surface area contributed by atoms with Crippen LogP contribution >= 0.6 is 11.3 Å². The summed E-state index contributed by atoms with van der Waals surface area (Å²) in [5, 5.41) is 5.65. The number of thiazole rings is 1. The van der Waals surface area contributed by atoms with Gasteiger partial charge in [-0.1, -0.05) is 27.7 Å². The van der Waals surface area contributed by atoms with Crippen LogP contribution in [0.1, 0.15) is 60.4 Å². The van der Waals surface area contributed by atoms with E-state index in [1.165, 1.54) is 15.9 Å². The van der Waals surface area contributed by atoms with Crippen molar-refractivity contribution in [3.63, 3.8) is 0 Å². The number of aryl methyl sites for hydroxylation is 1. The zero-order valence-corrected chi connectivity index (χ0v) is 18.0. The summed E-state index contributed by atoms with van der Waals surface area (Å²) in [4.78, 5) is 49.3. The van der Waals surface area contributed by atoms with Crippen LogP contribution in [0.5, 0.6) is 0 Å². The Morgan fingerprint density at radius 3 is 2.55 bits per heavy atom. The molecule has 0 spiro atoms. The molecule has 9 heteroatoms. The minimum Gasteiger partial charge on any atom is -0.345 e. The molecule has 3 aromatic heterocycles. The highest BCUT2D eigenvalue weighted by Crippen LogP contribution is 2.20. The van der Waals surface area contributed by atoms with Gasteiger partial charge in [0.05, 0.1) is 17.5 Å². The van der Waals surface area contributed by atoms with Gasteiger partial charge in [0.15, 0.2) is 5.65 Å². The summed E-state index contributed by atoms with van der Waals surface area (Å²) in [6.45, 7) is 10.4. The Bertz CT molecular complexity index is 1170. The molecular weight excluding hydrogens is 390 g/mol. The highest BCUT2D eigenvalue weighted by Gasteiger charge is 2.21. The monoisotopic (exact) mass is 415 g/mol. The molecule has 0 aliphatic carbocycles. The Morgan fingerprint density at radius 1 is 1.24 bits per heavy atom. The Morgan fingerprint density at radius 2 is 1.97 bits per heavy atom. The lowest BCUT2D eigenvalue weighted by molar-refractivity contribution is 0.0952. The molecule has 0 bridgehead atoms. The third-order valence-electron chi connectivity index (χ3n) is 4.42. The number of pyridine rings is 1. The number of fused-ring (bicyclic) bond motifs is 1. The van der Waals surface area contributed by atoms with Crippen LogP contribution in [0, 0.1) is 12.8 Å². The van der Waals surface area contributed by atoms with E-state index in [-0.39, 0.29) is 35.0 Å². The highest BCUT2D eigenvalue weighted by atomic mass is 32.1. The van der Waals surface area contributed by atoms with Gasteiger partial charge in [-0.15, -0.1) is 11.3 Å². The lowest BCUT2D eigenvalue weighted by atomic mass is 10.0. The molecular formula is C20H25N5O3S. The van der Waals surface area contributed by atoms with Crippen molar-refractivity contribution in [2.45, 2.75) is 53.6 Å². The summed E-state index contributed by atoms with van der Waals surface area (Å²) in [5.74, 6) is -0.210. The number of carbonyl (C=O) groups is 1. The van der Waals surface area contributed by atoms with Crippen LogP contribution in [-0.4, -0.2) is 25.4 Å². The van der Waals surface area contributed by atoms with Gasteiger partial charge in [0.25, 0.3) is 11.5 Å². The molecule has 0 unspecified atom stereocenters. The fourth-order valence-corrected chi connectivity index (χ4v) is 3.75. The summed E-state index contributed by atoms with van der Waals surface area (Å²) in [5.41, 5.74) is 0.872. The molecule has 3 heterocycles. The predicted molar refractivity (Wildman–Crippen MR) is 114 cm³/mol. The number of amides is 1. The second kappa shape index (κ2) is 8.28. The van der Waals surface area contributed by atoms with Crippen molar-refractivity contribution in [1.82, 2.24) is 24.8 Å². The van der Waals surface area contributed by atoms with Crippen LogP contribution < -0.4 is 16.6 Å². The molecule has 2 N–H and O–H groups in total. The number of aromatic nitrogens is 4. The van der Waals surface area contributed by atoms with Crippen molar-refractivity contribution < 1.29 is 4.79 Å². The van der Waals surface area contributed by atoms with Crippen LogP contribution in [0.2, 0.25) is 0 Å². The van der Waals surface area contributed by atoms with E-state index in [0.717, 1.165) is 10.7 Å². The molecule has 1 amide bonds. The molecule has 0 saturated heterocycles. The minimum absolute atomic E-state index is 0.0226. The molecule has 3 rings (SSSR count). The highest BCUT2D eigenvalue weighted by molar-refractivity contribution is 7.09. The number of nitrogens with zero attached hydrogens (tertiary/aromatic N) is 3. The van der Waals surface area contributed by atoms with E-state index in [1.807, 2.05) is 40.0 Å². The molecule has 0 atom stereocenters. The van der Waals surface area contributed by atoms with Crippen LogP contribution in [0.15, 0.2) is 21.0 Å². The lowest BCUT2D eigenvalue weighted by Gasteiger charge is -2.15. The molecule has 3 aromatic rings. The standard InChI is InChI=1S/C20H25N5O3S/c1-10(2)8-25-17-16(19(27)24-20(25)28)13(6-14(23-17)11(3)4)18(26)21-7-15-22-12(5)9-29-15/h6,9-11H,7-8H2,1-5H3,(H,21,26)(H,24,27,28). The van der Waals surface area contributed by atoms with Gasteiger partial charge in [0.2, 0.25) is 0 Å². The molecule has 0 fully saturated rings. The zero-order chi connectivity index (χ0) is 21.3. The van der Waals surface area contributed by atoms with Gasteiger partial charge in [-0.2, -0.15) is 0 Å². The molecule has 0 aliphatic heterocycles. The Hall–Kier alpha value is -2.81. The van der Waals surface area contributed by atoms with E-state index >= 15 is 0 Å². The number of aromatic amines is 1. The number of hydrogen-bond donors (Lipinski definition) is 2. The summed E-state index contributed by atoms with van der Waals surface area (Å²) in [6.07, 6.45) is 0. The van der Waals surface area contributed by atoms with E-state index in [0.29, 0.717) is 12.2 Å². The number of H-pyrrole nitrogens is 1. The smallest absolute Gasteiger partial charge is 0.330 e. The van der Waals surface area contributed by atoms with Crippen molar-refractivity contribution in [3.8, 4) is 0 Å². The predicted octanol–water partition coefficient (Wildman–Crippen LogP) is 2.56. The largest absolute Gasteiger partial charge is 0.345 e. The molecule has 0 aromatic carbocycles. The van der Waals surface area contributed by atoms with E-state index in [2.05, 4.69) is 20.3 Å². The quantitative estimate of drug-likeness (QED) is 0.643. The number of carbonyl (C=O) groups excluding carboxylic acids is 1. The molecule has 154 valence electrons. The molecule has 8 nitrogen and oxygen atoms in total. The van der Waals surface area contributed by atoms with Crippen molar-refractivity contribution in [1.29, 1.82) is 0 Å². The third kappa shape index (κ3) is 4.45. The van der Waals surface area contributed by atoms with Gasteiger partial charge >= 0.3 is 5.69 Å². The van der Waals surface area contributed by atoms with E-state index in [1.54, 1.807) is 6.07 Å². The van der Waals surface area contributed by atoms with Gasteiger partial charge in [-0.05, 0) is 24.8 Å². The third-order valence-corrected chi connectivity index (χ3v) is 5.39. The first-order valence-corrected chi connectivity index (χ1v) is 10.4. The summed E-state index contributed by atoms with van der Waals surface area (Å²) >= 11 is 1.46. The van der Waals surface area contributed by atoms with Crippen LogP contribution in [0.3, 0.4) is 0 Å². The van der Waals surface area contributed by atoms with Crippen molar-refractivity contribution >= 4 is 28.3 Å². The summed E-state index contributed by atoms with van der Waals surface area (Å²) < 4.78 is 1.44. The van der Waals surface area contributed by atoms with Crippen LogP contribution in [0.4, 0.5) is 0 Å². The fraction of sp³-hybridized carbons (Fsp3) is 0.450. The summed E-state index contributed by atoms with van der Waals surface area (Å²) in [7, 11) is 0. The van der Waals surface area contributed by atoms with E-state index in [4.69, 9.17) is 0 Å². The van der Waals surface area contributed by atoms with Crippen molar-refractivity contribution in [2.75, 3.05) is 0 Å². The van der Waals surface area contributed by atoms with Crippen LogP contribution in [0.25, 0.3) is 11.0 Å². The topological polar surface area (TPSA) is 110 Å². The lowest BCUT2D eigenvalue weighted by Crippen LogP contribution is -2.34. The number of rotatable bonds is 6. The Kier molecular flexibility index (Phi) is 5.97. The number of hydrogen-bond acceptors (Lipinski definition) is 6. The first kappa shape index (κ1) is 20.9. The second-order valence-corrected chi connectivity index (χ2v) is 8.72. The molecule has 0 radical (unpaired) electrons. The van der Waals surface area contributed by atoms with Crippen molar-refractivity contribution in [3.05, 3.63) is 54.2 Å². The maximum absolute atomic E-state index is 13.0.